The molecule has 0 spiro atoms. The topological polar surface area (TPSA) is 32.3 Å². The quantitative estimate of drug-likeness (QED) is 0.898. The maximum Gasteiger partial charge on any atom is 0.224 e. The Kier molecular flexibility index (Phi) is 4.29. The molecule has 1 aromatic carbocycles. The van der Waals surface area contributed by atoms with Gasteiger partial charge >= 0.3 is 0 Å². The van der Waals surface area contributed by atoms with E-state index in [0.717, 1.165) is 18.5 Å². The summed E-state index contributed by atoms with van der Waals surface area (Å²) in [6, 6.07) is 7.00. The van der Waals surface area contributed by atoms with Crippen molar-refractivity contribution >= 4 is 11.6 Å². The van der Waals surface area contributed by atoms with Crippen molar-refractivity contribution in [1.82, 2.24) is 4.90 Å². The van der Waals surface area contributed by atoms with Crippen LogP contribution >= 0.6 is 0 Å². The van der Waals surface area contributed by atoms with E-state index < -0.39 is 0 Å². The molecule has 3 nitrogen and oxygen atoms in total. The second kappa shape index (κ2) is 6.18. The highest BCUT2D eigenvalue weighted by Gasteiger charge is 2.35. The molecule has 1 N–H and O–H groups in total. The summed E-state index contributed by atoms with van der Waals surface area (Å²) in [5.41, 5.74) is 3.93. The molecule has 3 heteroatoms. The molecule has 1 aliphatic heterocycles. The van der Waals surface area contributed by atoms with Crippen LogP contribution in [-0.4, -0.2) is 29.9 Å². The fraction of sp³-hybridized carbons (Fsp3) is 0.611. The first kappa shape index (κ1) is 14.6. The summed E-state index contributed by atoms with van der Waals surface area (Å²) in [5, 5.41) is 3.04. The lowest BCUT2D eigenvalue weighted by atomic mass is 9.75. The van der Waals surface area contributed by atoms with Crippen LogP contribution in [0.4, 0.5) is 5.69 Å². The van der Waals surface area contributed by atoms with Gasteiger partial charge in [0.25, 0.3) is 0 Å². The fourth-order valence-corrected chi connectivity index (χ4v) is 4.11. The molecule has 0 saturated heterocycles. The highest BCUT2D eigenvalue weighted by molar-refractivity contribution is 5.95. The Morgan fingerprint density at radius 1 is 1.19 bits per heavy atom. The van der Waals surface area contributed by atoms with E-state index in [1.807, 2.05) is 0 Å². The van der Waals surface area contributed by atoms with Crippen molar-refractivity contribution < 1.29 is 4.79 Å². The van der Waals surface area contributed by atoms with Crippen molar-refractivity contribution in [3.05, 3.63) is 29.3 Å². The first-order valence-electron chi connectivity index (χ1n) is 8.38. The Morgan fingerprint density at radius 3 is 2.67 bits per heavy atom. The van der Waals surface area contributed by atoms with Gasteiger partial charge in [0.2, 0.25) is 5.91 Å². The van der Waals surface area contributed by atoms with Crippen molar-refractivity contribution in [2.45, 2.75) is 57.9 Å². The number of hydrogen-bond donors (Lipinski definition) is 1. The molecule has 2 atom stereocenters. The Balaban J connectivity index is 1.88. The smallest absolute Gasteiger partial charge is 0.224 e. The molecule has 114 valence electrons. The Morgan fingerprint density at radius 2 is 1.95 bits per heavy atom. The van der Waals surface area contributed by atoms with Gasteiger partial charge in [-0.2, -0.15) is 0 Å². The minimum absolute atomic E-state index is 0.183. The Hall–Kier alpha value is -1.35. The SMILES string of the molecule is CCCN(CCC)C1Cc2cccc3c2[C@H](CC(=O)N3)C1. The molecule has 3 rings (SSSR count). The van der Waals surface area contributed by atoms with E-state index in [0.29, 0.717) is 18.4 Å². The summed E-state index contributed by atoms with van der Waals surface area (Å²) in [5.74, 6) is 0.600. The first-order chi connectivity index (χ1) is 10.2. The standard InChI is InChI=1S/C18H26N2O/c1-3-8-20(9-4-2)15-10-13-6-5-7-16-18(13)14(11-15)12-17(21)19-16/h5-7,14-15H,3-4,8-12H2,1-2H3,(H,19,21)/t14-,15?/m0/s1. The molecule has 0 saturated carbocycles. The van der Waals surface area contributed by atoms with E-state index in [1.165, 1.54) is 37.1 Å². The molecule has 0 aromatic heterocycles. The third kappa shape index (κ3) is 2.84. The zero-order valence-corrected chi connectivity index (χ0v) is 13.2. The second-order valence-electron chi connectivity index (χ2n) is 6.46. The number of carbonyl (C=O) groups excluding carboxylic acids is 1. The number of nitrogens with one attached hydrogen (secondary N) is 1. The molecule has 1 unspecified atom stereocenters. The maximum atomic E-state index is 11.9. The van der Waals surface area contributed by atoms with E-state index in [4.69, 9.17) is 0 Å². The summed E-state index contributed by atoms with van der Waals surface area (Å²) in [4.78, 5) is 14.6. The van der Waals surface area contributed by atoms with Crippen LogP contribution in [0.15, 0.2) is 18.2 Å². The molecule has 1 aliphatic carbocycles. The molecular formula is C18H26N2O. The van der Waals surface area contributed by atoms with Crippen molar-refractivity contribution in [2.24, 2.45) is 0 Å². The fourth-order valence-electron chi connectivity index (χ4n) is 4.11. The number of nitrogens with zero attached hydrogens (tertiary/aromatic N) is 1. The van der Waals surface area contributed by atoms with Crippen LogP contribution in [-0.2, 0) is 11.2 Å². The van der Waals surface area contributed by atoms with E-state index >= 15 is 0 Å². The number of rotatable bonds is 5. The van der Waals surface area contributed by atoms with Crippen LogP contribution < -0.4 is 5.32 Å². The van der Waals surface area contributed by atoms with Crippen molar-refractivity contribution in [2.75, 3.05) is 18.4 Å². The summed E-state index contributed by atoms with van der Waals surface area (Å²) in [6.07, 6.45) is 5.34. The van der Waals surface area contributed by atoms with E-state index in [-0.39, 0.29) is 5.91 Å². The van der Waals surface area contributed by atoms with Crippen molar-refractivity contribution in [1.29, 1.82) is 0 Å². The third-order valence-corrected chi connectivity index (χ3v) is 4.86. The minimum Gasteiger partial charge on any atom is -0.326 e. The largest absolute Gasteiger partial charge is 0.326 e. The summed E-state index contributed by atoms with van der Waals surface area (Å²) in [7, 11) is 0. The predicted molar refractivity (Wildman–Crippen MR) is 86.7 cm³/mol. The maximum absolute atomic E-state index is 11.9. The molecule has 1 heterocycles. The van der Waals surface area contributed by atoms with E-state index in [9.17, 15) is 4.79 Å². The van der Waals surface area contributed by atoms with E-state index in [1.54, 1.807) is 0 Å². The van der Waals surface area contributed by atoms with Gasteiger partial charge in [-0.15, -0.1) is 0 Å². The molecule has 2 aliphatic rings. The lowest BCUT2D eigenvalue weighted by molar-refractivity contribution is -0.117. The van der Waals surface area contributed by atoms with Gasteiger partial charge in [0.05, 0.1) is 0 Å². The van der Waals surface area contributed by atoms with Crippen LogP contribution in [0.5, 0.6) is 0 Å². The molecule has 21 heavy (non-hydrogen) atoms. The number of hydrogen-bond acceptors (Lipinski definition) is 2. The van der Waals surface area contributed by atoms with Gasteiger partial charge in [-0.25, -0.2) is 0 Å². The lowest BCUT2D eigenvalue weighted by Gasteiger charge is -2.40. The van der Waals surface area contributed by atoms with Gasteiger partial charge in [-0.05, 0) is 61.9 Å². The van der Waals surface area contributed by atoms with Gasteiger partial charge in [0.15, 0.2) is 0 Å². The number of anilines is 1. The summed E-state index contributed by atoms with van der Waals surface area (Å²) in [6.45, 7) is 6.86. The van der Waals surface area contributed by atoms with Gasteiger partial charge in [0.1, 0.15) is 0 Å². The van der Waals surface area contributed by atoms with Gasteiger partial charge < -0.3 is 10.2 Å². The van der Waals surface area contributed by atoms with Gasteiger partial charge in [0, 0.05) is 18.2 Å². The van der Waals surface area contributed by atoms with Crippen LogP contribution in [0.25, 0.3) is 0 Å². The van der Waals surface area contributed by atoms with Crippen molar-refractivity contribution in [3.63, 3.8) is 0 Å². The number of benzene rings is 1. The zero-order valence-electron chi connectivity index (χ0n) is 13.2. The van der Waals surface area contributed by atoms with Crippen LogP contribution in [0.3, 0.4) is 0 Å². The predicted octanol–water partition coefficient (Wildman–Crippen LogP) is 3.55. The summed E-state index contributed by atoms with van der Waals surface area (Å²) >= 11 is 0. The average Bonchev–Trinajstić information content (AvgIpc) is 2.46. The molecule has 1 amide bonds. The number of carbonyl (C=O) groups is 1. The Labute approximate surface area is 127 Å². The van der Waals surface area contributed by atoms with Gasteiger partial charge in [-0.3, -0.25) is 4.79 Å². The zero-order chi connectivity index (χ0) is 14.8. The highest BCUT2D eigenvalue weighted by atomic mass is 16.1. The lowest BCUT2D eigenvalue weighted by Crippen LogP contribution is -2.43. The summed E-state index contributed by atoms with van der Waals surface area (Å²) < 4.78 is 0. The second-order valence-corrected chi connectivity index (χ2v) is 6.46. The first-order valence-corrected chi connectivity index (χ1v) is 8.38. The molecule has 0 radical (unpaired) electrons. The minimum atomic E-state index is 0.183. The Bertz CT molecular complexity index is 520. The number of amides is 1. The average molecular weight is 286 g/mol. The van der Waals surface area contributed by atoms with E-state index in [2.05, 4.69) is 42.3 Å². The molecule has 0 bridgehead atoms. The molecule has 1 aromatic rings. The van der Waals surface area contributed by atoms with Crippen LogP contribution in [0.1, 0.15) is 56.6 Å². The molecule has 0 fully saturated rings. The normalized spacial score (nSPS) is 23.9. The van der Waals surface area contributed by atoms with Crippen LogP contribution in [0.2, 0.25) is 0 Å². The van der Waals surface area contributed by atoms with Crippen molar-refractivity contribution in [3.8, 4) is 0 Å². The van der Waals surface area contributed by atoms with Gasteiger partial charge in [-0.1, -0.05) is 26.0 Å². The monoisotopic (exact) mass is 286 g/mol. The van der Waals surface area contributed by atoms with Crippen LogP contribution in [0, 0.1) is 0 Å². The third-order valence-electron chi connectivity index (χ3n) is 4.86. The highest BCUT2D eigenvalue weighted by Crippen LogP contribution is 2.42. The molecular weight excluding hydrogens is 260 g/mol.